The van der Waals surface area contributed by atoms with E-state index in [0.29, 0.717) is 20.6 Å². The van der Waals surface area contributed by atoms with Crippen molar-refractivity contribution in [3.63, 3.8) is 0 Å². The van der Waals surface area contributed by atoms with Gasteiger partial charge in [0.15, 0.2) is 0 Å². The summed E-state index contributed by atoms with van der Waals surface area (Å²) in [5.74, 6) is -0.860. The van der Waals surface area contributed by atoms with Crippen molar-refractivity contribution in [2.75, 3.05) is 10.8 Å². The van der Waals surface area contributed by atoms with E-state index in [0.717, 1.165) is 35.6 Å². The molecule has 0 bridgehead atoms. The number of nitrogens with zero attached hydrogens (tertiary/aromatic N) is 2. The van der Waals surface area contributed by atoms with Crippen molar-refractivity contribution in [1.82, 2.24) is 10.2 Å². The third-order valence-corrected chi connectivity index (χ3v) is 10.5. The van der Waals surface area contributed by atoms with Crippen molar-refractivity contribution in [2.24, 2.45) is 0 Å². The zero-order valence-corrected chi connectivity index (χ0v) is 28.1. The molecular formula is C35H34Cl3N3O4S. The van der Waals surface area contributed by atoms with Crippen molar-refractivity contribution in [3.05, 3.63) is 129 Å². The highest BCUT2D eigenvalue weighted by Gasteiger charge is 2.35. The Balaban J connectivity index is 1.57. The molecule has 0 aromatic heterocycles. The summed E-state index contributed by atoms with van der Waals surface area (Å²) in [5, 5.41) is 4.31. The lowest BCUT2D eigenvalue weighted by Gasteiger charge is -2.34. The SMILES string of the molecule is O=C(NC1CCCC1)C(Cc1ccccc1)N(Cc1cccc(Cl)c1)C(=O)CN(c1cccc(Cl)c1)S(=O)(=O)c1ccc(Cl)cc1. The van der Waals surface area contributed by atoms with Crippen molar-refractivity contribution in [1.29, 1.82) is 0 Å². The summed E-state index contributed by atoms with van der Waals surface area (Å²) in [4.78, 5) is 30.0. The first-order valence-corrected chi connectivity index (χ1v) is 17.6. The van der Waals surface area contributed by atoms with Gasteiger partial charge in [0.05, 0.1) is 10.6 Å². The van der Waals surface area contributed by atoms with Crippen LogP contribution < -0.4 is 9.62 Å². The fourth-order valence-corrected chi connectivity index (χ4v) is 7.58. The number of hydrogen-bond acceptors (Lipinski definition) is 4. The van der Waals surface area contributed by atoms with Crippen LogP contribution in [0.4, 0.5) is 5.69 Å². The molecule has 1 N–H and O–H groups in total. The maximum absolute atomic E-state index is 14.6. The van der Waals surface area contributed by atoms with Crippen LogP contribution in [0.5, 0.6) is 0 Å². The monoisotopic (exact) mass is 697 g/mol. The number of amides is 2. The molecule has 0 spiro atoms. The molecule has 0 heterocycles. The van der Waals surface area contributed by atoms with E-state index in [4.69, 9.17) is 34.8 Å². The Hall–Kier alpha value is -3.56. The number of carbonyl (C=O) groups is 2. The van der Waals surface area contributed by atoms with Gasteiger partial charge in [0.25, 0.3) is 10.0 Å². The van der Waals surface area contributed by atoms with Crippen molar-refractivity contribution in [2.45, 2.75) is 55.6 Å². The van der Waals surface area contributed by atoms with Crippen molar-refractivity contribution in [3.8, 4) is 0 Å². The molecule has 7 nitrogen and oxygen atoms in total. The molecule has 1 aliphatic carbocycles. The first-order valence-electron chi connectivity index (χ1n) is 15.0. The van der Waals surface area contributed by atoms with Gasteiger partial charge in [-0.15, -0.1) is 0 Å². The summed E-state index contributed by atoms with van der Waals surface area (Å²) in [6, 6.07) is 27.6. The van der Waals surface area contributed by atoms with Gasteiger partial charge in [0, 0.05) is 34.1 Å². The highest BCUT2D eigenvalue weighted by atomic mass is 35.5. The number of carbonyl (C=O) groups excluding carboxylic acids is 2. The van der Waals surface area contributed by atoms with Gasteiger partial charge in [-0.25, -0.2) is 8.42 Å². The number of nitrogens with one attached hydrogen (secondary N) is 1. The number of sulfonamides is 1. The summed E-state index contributed by atoms with van der Waals surface area (Å²) in [6.07, 6.45) is 4.02. The van der Waals surface area contributed by atoms with Crippen LogP contribution in [-0.4, -0.2) is 43.8 Å². The number of hydrogen-bond donors (Lipinski definition) is 1. The van der Waals surface area contributed by atoms with Crippen LogP contribution in [0.2, 0.25) is 15.1 Å². The zero-order valence-electron chi connectivity index (χ0n) is 25.0. The Labute approximate surface area is 285 Å². The highest BCUT2D eigenvalue weighted by molar-refractivity contribution is 7.92. The molecule has 4 aromatic carbocycles. The average molecular weight is 699 g/mol. The molecule has 46 heavy (non-hydrogen) atoms. The lowest BCUT2D eigenvalue weighted by atomic mass is 10.0. The van der Waals surface area contributed by atoms with Gasteiger partial charge in [-0.2, -0.15) is 0 Å². The molecule has 0 aliphatic heterocycles. The molecular weight excluding hydrogens is 665 g/mol. The minimum absolute atomic E-state index is 0.0159. The molecule has 1 atom stereocenters. The molecule has 1 saturated carbocycles. The predicted molar refractivity (Wildman–Crippen MR) is 184 cm³/mol. The van der Waals surface area contributed by atoms with E-state index < -0.39 is 28.5 Å². The molecule has 5 rings (SSSR count). The van der Waals surface area contributed by atoms with Crippen LogP contribution in [0, 0.1) is 0 Å². The summed E-state index contributed by atoms with van der Waals surface area (Å²) in [6.45, 7) is -0.562. The molecule has 2 amide bonds. The largest absolute Gasteiger partial charge is 0.352 e. The zero-order chi connectivity index (χ0) is 32.7. The van der Waals surface area contributed by atoms with Gasteiger partial charge >= 0.3 is 0 Å². The van der Waals surface area contributed by atoms with Gasteiger partial charge < -0.3 is 10.2 Å². The first-order chi connectivity index (χ1) is 22.1. The second-order valence-corrected chi connectivity index (χ2v) is 14.5. The summed E-state index contributed by atoms with van der Waals surface area (Å²) < 4.78 is 29.2. The maximum atomic E-state index is 14.6. The van der Waals surface area contributed by atoms with E-state index in [1.165, 1.54) is 35.2 Å². The molecule has 4 aromatic rings. The number of rotatable bonds is 12. The van der Waals surface area contributed by atoms with Gasteiger partial charge in [0.1, 0.15) is 12.6 Å². The summed E-state index contributed by atoms with van der Waals surface area (Å²) >= 11 is 18.7. The minimum Gasteiger partial charge on any atom is -0.352 e. The molecule has 11 heteroatoms. The Morgan fingerprint density at radius 1 is 0.761 bits per heavy atom. The standard InChI is InChI=1S/C35H34Cl3N3O4S/c36-27-16-18-32(19-17-27)46(44,45)41(31-15-7-12-29(38)22-31)24-34(42)40(23-26-10-6-11-28(37)20-26)33(21-25-8-2-1-3-9-25)35(43)39-30-13-4-5-14-30/h1-3,6-12,15-20,22,30,33H,4-5,13-14,21,23-24H2,(H,39,43). The number of halogens is 3. The van der Waals surface area contributed by atoms with E-state index in [9.17, 15) is 18.0 Å². The topological polar surface area (TPSA) is 86.8 Å². The third kappa shape index (κ3) is 8.62. The Kier molecular flexibility index (Phi) is 11.3. The Bertz CT molecular complexity index is 1770. The van der Waals surface area contributed by atoms with E-state index >= 15 is 0 Å². The fourth-order valence-electron chi connectivity index (χ4n) is 5.65. The van der Waals surface area contributed by atoms with E-state index in [2.05, 4.69) is 5.32 Å². The molecule has 1 fully saturated rings. The summed E-state index contributed by atoms with van der Waals surface area (Å²) in [5.41, 5.74) is 1.76. The van der Waals surface area contributed by atoms with Crippen LogP contribution in [0.25, 0.3) is 0 Å². The lowest BCUT2D eigenvalue weighted by molar-refractivity contribution is -0.140. The number of anilines is 1. The third-order valence-electron chi connectivity index (χ3n) is 7.99. The van der Waals surface area contributed by atoms with Gasteiger partial charge in [0.2, 0.25) is 11.8 Å². The molecule has 0 radical (unpaired) electrons. The van der Waals surface area contributed by atoms with Crippen molar-refractivity contribution < 1.29 is 18.0 Å². The van der Waals surface area contributed by atoms with Gasteiger partial charge in [-0.3, -0.25) is 13.9 Å². The lowest BCUT2D eigenvalue weighted by Crippen LogP contribution is -2.54. The molecule has 240 valence electrons. The molecule has 1 unspecified atom stereocenters. The average Bonchev–Trinajstić information content (AvgIpc) is 3.55. The van der Waals surface area contributed by atoms with Crippen LogP contribution in [-0.2, 0) is 32.6 Å². The van der Waals surface area contributed by atoms with Gasteiger partial charge in [-0.05, 0) is 78.6 Å². The van der Waals surface area contributed by atoms with Crippen LogP contribution in [0.3, 0.4) is 0 Å². The van der Waals surface area contributed by atoms with Crippen LogP contribution >= 0.6 is 34.8 Å². The fraction of sp³-hybridized carbons (Fsp3) is 0.257. The minimum atomic E-state index is -4.27. The Morgan fingerprint density at radius 2 is 1.39 bits per heavy atom. The van der Waals surface area contributed by atoms with Crippen molar-refractivity contribution >= 4 is 62.3 Å². The smallest absolute Gasteiger partial charge is 0.264 e. The first kappa shape index (κ1) is 33.8. The van der Waals surface area contributed by atoms with E-state index in [1.807, 2.05) is 36.4 Å². The second kappa shape index (κ2) is 15.4. The quantitative estimate of drug-likeness (QED) is 0.166. The second-order valence-electron chi connectivity index (χ2n) is 11.3. The molecule has 0 saturated heterocycles. The maximum Gasteiger partial charge on any atom is 0.264 e. The van der Waals surface area contributed by atoms with Crippen LogP contribution in [0.1, 0.15) is 36.8 Å². The molecule has 1 aliphatic rings. The summed E-state index contributed by atoms with van der Waals surface area (Å²) in [7, 11) is -4.27. The normalized spacial score (nSPS) is 14.1. The Morgan fingerprint density at radius 3 is 2.04 bits per heavy atom. The van der Waals surface area contributed by atoms with E-state index in [-0.39, 0.29) is 35.5 Å². The number of benzene rings is 4. The highest BCUT2D eigenvalue weighted by Crippen LogP contribution is 2.28. The van der Waals surface area contributed by atoms with Gasteiger partial charge in [-0.1, -0.05) is 96.2 Å². The predicted octanol–water partition coefficient (Wildman–Crippen LogP) is 7.54. The van der Waals surface area contributed by atoms with E-state index in [1.54, 1.807) is 36.4 Å². The van der Waals surface area contributed by atoms with Crippen LogP contribution in [0.15, 0.2) is 108 Å².